The van der Waals surface area contributed by atoms with Crippen molar-refractivity contribution in [3.63, 3.8) is 0 Å². The van der Waals surface area contributed by atoms with E-state index in [0.717, 1.165) is 25.7 Å². The number of fused-ring (bicyclic) bond motifs is 1. The van der Waals surface area contributed by atoms with E-state index >= 15 is 0 Å². The lowest BCUT2D eigenvalue weighted by molar-refractivity contribution is -0.119. The predicted molar refractivity (Wildman–Crippen MR) is 62.6 cm³/mol. The van der Waals surface area contributed by atoms with Gasteiger partial charge in [0.2, 0.25) is 0 Å². The Balaban J connectivity index is 2.28. The third-order valence-electron chi connectivity index (χ3n) is 4.07. The fourth-order valence-corrected chi connectivity index (χ4v) is 3.16. The maximum Gasteiger partial charge on any atom is 0.136 e. The minimum Gasteiger partial charge on any atom is -0.299 e. The van der Waals surface area contributed by atoms with Crippen LogP contribution in [0.2, 0.25) is 0 Å². The molecule has 2 aliphatic carbocycles. The van der Waals surface area contributed by atoms with E-state index in [1.54, 1.807) is 0 Å². The van der Waals surface area contributed by atoms with Gasteiger partial charge in [-0.3, -0.25) is 4.79 Å². The molecule has 0 saturated heterocycles. The molecule has 0 bridgehead atoms. The second kappa shape index (κ2) is 3.96. The first-order chi connectivity index (χ1) is 7.09. The number of hydrogen-bond donors (Lipinski definition) is 0. The quantitative estimate of drug-likeness (QED) is 0.596. The van der Waals surface area contributed by atoms with Crippen molar-refractivity contribution in [3.05, 3.63) is 23.3 Å². The summed E-state index contributed by atoms with van der Waals surface area (Å²) in [6, 6.07) is 0. The molecule has 1 saturated carbocycles. The second-order valence-electron chi connectivity index (χ2n) is 5.16. The van der Waals surface area contributed by atoms with E-state index in [9.17, 15) is 4.79 Å². The molecule has 1 fully saturated rings. The van der Waals surface area contributed by atoms with Crippen molar-refractivity contribution in [2.45, 2.75) is 46.0 Å². The largest absolute Gasteiger partial charge is 0.299 e. The lowest BCUT2D eigenvalue weighted by atomic mass is 9.67. The van der Waals surface area contributed by atoms with Gasteiger partial charge in [0.05, 0.1) is 0 Å². The van der Waals surface area contributed by atoms with E-state index in [4.69, 9.17) is 0 Å². The zero-order chi connectivity index (χ0) is 11.0. The molecule has 0 heterocycles. The van der Waals surface area contributed by atoms with Crippen molar-refractivity contribution in [1.82, 2.24) is 0 Å². The number of carbonyl (C=O) groups excluding carboxylic acids is 1. The first kappa shape index (κ1) is 10.7. The summed E-state index contributed by atoms with van der Waals surface area (Å²) in [5.41, 5.74) is 4.23. The van der Waals surface area contributed by atoms with Gasteiger partial charge in [0.1, 0.15) is 5.78 Å². The molecule has 0 unspecified atom stereocenters. The van der Waals surface area contributed by atoms with Gasteiger partial charge >= 0.3 is 0 Å². The van der Waals surface area contributed by atoms with E-state index in [1.807, 2.05) is 0 Å². The normalized spacial score (nSPS) is 31.5. The first-order valence-electron chi connectivity index (χ1n) is 5.95. The molecule has 0 aromatic carbocycles. The number of hydrogen-bond acceptors (Lipinski definition) is 1. The molecule has 1 heteroatoms. The van der Waals surface area contributed by atoms with Crippen molar-refractivity contribution < 1.29 is 4.79 Å². The molecule has 0 aliphatic heterocycles. The van der Waals surface area contributed by atoms with E-state index in [2.05, 4.69) is 20.4 Å². The van der Waals surface area contributed by atoms with E-state index in [-0.39, 0.29) is 0 Å². The van der Waals surface area contributed by atoms with Gasteiger partial charge in [-0.1, -0.05) is 23.3 Å². The van der Waals surface area contributed by atoms with Crippen LogP contribution in [-0.4, -0.2) is 5.78 Å². The monoisotopic (exact) mass is 204 g/mol. The molecule has 2 atom stereocenters. The number of ketones is 1. The van der Waals surface area contributed by atoms with Crippen LogP contribution < -0.4 is 0 Å². The van der Waals surface area contributed by atoms with Crippen LogP contribution in [0.15, 0.2) is 23.3 Å². The highest BCUT2D eigenvalue weighted by Crippen LogP contribution is 2.44. The van der Waals surface area contributed by atoms with Gasteiger partial charge in [0, 0.05) is 12.8 Å². The maximum atomic E-state index is 11.5. The summed E-state index contributed by atoms with van der Waals surface area (Å²) in [6.07, 6.45) is 4.97. The van der Waals surface area contributed by atoms with Gasteiger partial charge in [-0.15, -0.1) is 0 Å². The topological polar surface area (TPSA) is 17.1 Å². The molecule has 2 aliphatic rings. The highest BCUT2D eigenvalue weighted by molar-refractivity contribution is 5.82. The summed E-state index contributed by atoms with van der Waals surface area (Å²) >= 11 is 0. The van der Waals surface area contributed by atoms with Crippen molar-refractivity contribution in [3.8, 4) is 0 Å². The standard InChI is InChI=1S/C14H20O/c1-9(2)12-6-4-10(3)14-8-11(15)5-7-13(12)14/h12-13H,1,4-8H2,2-3H3/t12-,13-/m0/s1. The third-order valence-corrected chi connectivity index (χ3v) is 4.07. The van der Waals surface area contributed by atoms with Crippen molar-refractivity contribution in [2.24, 2.45) is 11.8 Å². The molecule has 15 heavy (non-hydrogen) atoms. The SMILES string of the molecule is C=C(C)[C@@H]1CCC(C)=C2CC(=O)CC[C@H]21. The van der Waals surface area contributed by atoms with Crippen LogP contribution in [0.3, 0.4) is 0 Å². The van der Waals surface area contributed by atoms with Gasteiger partial charge in [-0.2, -0.15) is 0 Å². The molecule has 1 nitrogen and oxygen atoms in total. The Bertz CT molecular complexity index is 335. The van der Waals surface area contributed by atoms with Gasteiger partial charge < -0.3 is 0 Å². The molecule has 0 aromatic rings. The fraction of sp³-hybridized carbons (Fsp3) is 0.643. The highest BCUT2D eigenvalue weighted by Gasteiger charge is 2.34. The van der Waals surface area contributed by atoms with Crippen LogP contribution >= 0.6 is 0 Å². The van der Waals surface area contributed by atoms with Crippen LogP contribution in [0.5, 0.6) is 0 Å². The van der Waals surface area contributed by atoms with Crippen LogP contribution in [0.25, 0.3) is 0 Å². The Hall–Kier alpha value is -0.850. The first-order valence-corrected chi connectivity index (χ1v) is 5.95. The van der Waals surface area contributed by atoms with E-state index in [1.165, 1.54) is 23.1 Å². The molecular formula is C14H20O. The van der Waals surface area contributed by atoms with Crippen molar-refractivity contribution in [1.29, 1.82) is 0 Å². The van der Waals surface area contributed by atoms with Crippen LogP contribution in [0.4, 0.5) is 0 Å². The summed E-state index contributed by atoms with van der Waals surface area (Å²) in [5.74, 6) is 1.70. The van der Waals surface area contributed by atoms with Gasteiger partial charge in [-0.25, -0.2) is 0 Å². The number of rotatable bonds is 1. The van der Waals surface area contributed by atoms with Gasteiger partial charge in [0.15, 0.2) is 0 Å². The number of Topliss-reactive ketones (excluding diaryl/α,β-unsaturated/α-hetero) is 1. The minimum atomic E-state index is 0.433. The van der Waals surface area contributed by atoms with Gasteiger partial charge in [0.25, 0.3) is 0 Å². The fourth-order valence-electron chi connectivity index (χ4n) is 3.16. The number of allylic oxidation sites excluding steroid dienone is 3. The molecule has 2 rings (SSSR count). The number of carbonyl (C=O) groups is 1. The molecule has 0 amide bonds. The summed E-state index contributed by atoms with van der Waals surface area (Å²) < 4.78 is 0. The molecule has 0 N–H and O–H groups in total. The Kier molecular flexibility index (Phi) is 2.81. The molecule has 0 spiro atoms. The highest BCUT2D eigenvalue weighted by atomic mass is 16.1. The zero-order valence-electron chi connectivity index (χ0n) is 9.81. The average Bonchev–Trinajstić information content (AvgIpc) is 2.19. The molecule has 0 radical (unpaired) electrons. The van der Waals surface area contributed by atoms with Crippen LogP contribution in [0, 0.1) is 11.8 Å². The Morgan fingerprint density at radius 2 is 2.07 bits per heavy atom. The van der Waals surface area contributed by atoms with Crippen molar-refractivity contribution >= 4 is 5.78 Å². The summed E-state index contributed by atoms with van der Waals surface area (Å²) in [5, 5.41) is 0. The van der Waals surface area contributed by atoms with Crippen LogP contribution in [-0.2, 0) is 4.79 Å². The average molecular weight is 204 g/mol. The van der Waals surface area contributed by atoms with E-state index < -0.39 is 0 Å². The lowest BCUT2D eigenvalue weighted by Crippen LogP contribution is -2.28. The van der Waals surface area contributed by atoms with Crippen LogP contribution in [0.1, 0.15) is 46.0 Å². The summed E-state index contributed by atoms with van der Waals surface area (Å²) in [4.78, 5) is 11.5. The molecule has 82 valence electrons. The Morgan fingerprint density at radius 1 is 1.33 bits per heavy atom. The third kappa shape index (κ3) is 1.92. The Labute approximate surface area is 92.3 Å². The zero-order valence-corrected chi connectivity index (χ0v) is 9.81. The van der Waals surface area contributed by atoms with E-state index in [0.29, 0.717) is 17.6 Å². The summed E-state index contributed by atoms with van der Waals surface area (Å²) in [6.45, 7) is 8.45. The molecular weight excluding hydrogens is 184 g/mol. The Morgan fingerprint density at radius 3 is 2.73 bits per heavy atom. The molecule has 0 aromatic heterocycles. The van der Waals surface area contributed by atoms with Gasteiger partial charge in [-0.05, 0) is 44.9 Å². The maximum absolute atomic E-state index is 11.5. The van der Waals surface area contributed by atoms with Crippen molar-refractivity contribution in [2.75, 3.05) is 0 Å². The predicted octanol–water partition coefficient (Wildman–Crippen LogP) is 3.66. The second-order valence-corrected chi connectivity index (χ2v) is 5.16. The summed E-state index contributed by atoms with van der Waals surface area (Å²) in [7, 11) is 0. The lowest BCUT2D eigenvalue weighted by Gasteiger charge is -2.38. The minimum absolute atomic E-state index is 0.433. The smallest absolute Gasteiger partial charge is 0.136 e.